The molecular formula is C16H19ClN2O3. The molecule has 0 bridgehead atoms. The van der Waals surface area contributed by atoms with Gasteiger partial charge in [-0.1, -0.05) is 23.7 Å². The van der Waals surface area contributed by atoms with Crippen molar-refractivity contribution < 1.29 is 14.3 Å². The van der Waals surface area contributed by atoms with Crippen LogP contribution in [0.1, 0.15) is 30.7 Å². The summed E-state index contributed by atoms with van der Waals surface area (Å²) in [5, 5.41) is 0.691. The number of rotatable bonds is 4. The summed E-state index contributed by atoms with van der Waals surface area (Å²) in [4.78, 5) is 25.0. The Bertz CT molecular complexity index is 575. The van der Waals surface area contributed by atoms with Crippen LogP contribution in [0.15, 0.2) is 24.3 Å². The number of amides is 2. The molecule has 22 heavy (non-hydrogen) atoms. The molecule has 0 spiro atoms. The van der Waals surface area contributed by atoms with E-state index < -0.39 is 6.03 Å². The minimum absolute atomic E-state index is 0.0748. The third-order valence-electron chi connectivity index (χ3n) is 4.47. The minimum Gasteiger partial charge on any atom is -0.463 e. The van der Waals surface area contributed by atoms with Crippen LogP contribution in [-0.2, 0) is 9.53 Å². The number of carbonyl (C=O) groups excluding carboxylic acids is 2. The van der Waals surface area contributed by atoms with Gasteiger partial charge in [0, 0.05) is 11.6 Å². The lowest BCUT2D eigenvalue weighted by atomic mass is 10.1. The average molecular weight is 323 g/mol. The number of urea groups is 1. The van der Waals surface area contributed by atoms with Gasteiger partial charge in [-0.05, 0) is 42.9 Å². The van der Waals surface area contributed by atoms with Crippen LogP contribution in [0, 0.1) is 5.92 Å². The second kappa shape index (κ2) is 6.16. The van der Waals surface area contributed by atoms with Gasteiger partial charge in [-0.3, -0.25) is 4.79 Å². The van der Waals surface area contributed by atoms with E-state index in [1.807, 2.05) is 24.3 Å². The van der Waals surface area contributed by atoms with E-state index in [4.69, 9.17) is 22.1 Å². The maximum atomic E-state index is 12.1. The molecule has 3 rings (SSSR count). The Morgan fingerprint density at radius 2 is 2.05 bits per heavy atom. The summed E-state index contributed by atoms with van der Waals surface area (Å²) in [6.45, 7) is 0.889. The van der Waals surface area contributed by atoms with E-state index in [1.54, 1.807) is 4.90 Å². The predicted octanol–water partition coefficient (Wildman–Crippen LogP) is 2.53. The average Bonchev–Trinajstić information content (AvgIpc) is 3.15. The molecule has 2 N–H and O–H groups in total. The van der Waals surface area contributed by atoms with Gasteiger partial charge in [-0.2, -0.15) is 0 Å². The summed E-state index contributed by atoms with van der Waals surface area (Å²) in [5.41, 5.74) is 6.43. The topological polar surface area (TPSA) is 72.6 Å². The van der Waals surface area contributed by atoms with Gasteiger partial charge in [0.15, 0.2) is 0 Å². The number of benzene rings is 1. The van der Waals surface area contributed by atoms with E-state index in [9.17, 15) is 9.59 Å². The van der Waals surface area contributed by atoms with Crippen molar-refractivity contribution in [3.05, 3.63) is 34.9 Å². The number of esters is 1. The van der Waals surface area contributed by atoms with E-state index in [1.165, 1.54) is 0 Å². The number of hydrogen-bond donors (Lipinski definition) is 1. The second-order valence-corrected chi connectivity index (χ2v) is 6.39. The van der Waals surface area contributed by atoms with Crippen LogP contribution >= 0.6 is 11.6 Å². The Balaban J connectivity index is 1.49. The highest BCUT2D eigenvalue weighted by molar-refractivity contribution is 6.30. The number of primary amides is 1. The summed E-state index contributed by atoms with van der Waals surface area (Å²) >= 11 is 5.86. The van der Waals surface area contributed by atoms with Crippen LogP contribution in [0.5, 0.6) is 0 Å². The molecule has 0 radical (unpaired) electrons. The lowest BCUT2D eigenvalue weighted by Crippen LogP contribution is -2.42. The van der Waals surface area contributed by atoms with Gasteiger partial charge in [0.05, 0.1) is 12.0 Å². The van der Waals surface area contributed by atoms with Crippen LogP contribution in [0.2, 0.25) is 5.02 Å². The SMILES string of the molecule is NC(=O)N1CCC[C@@H]1COC(=O)[C@@H]1C[C@H]1c1ccc(Cl)cc1. The summed E-state index contributed by atoms with van der Waals surface area (Å²) in [7, 11) is 0. The fourth-order valence-corrected chi connectivity index (χ4v) is 3.24. The molecule has 1 aromatic carbocycles. The van der Waals surface area contributed by atoms with Crippen molar-refractivity contribution in [3.8, 4) is 0 Å². The number of carbonyl (C=O) groups is 2. The van der Waals surface area contributed by atoms with Gasteiger partial charge in [0.1, 0.15) is 6.61 Å². The lowest BCUT2D eigenvalue weighted by molar-refractivity contribution is -0.146. The largest absolute Gasteiger partial charge is 0.463 e. The molecule has 5 nitrogen and oxygen atoms in total. The van der Waals surface area contributed by atoms with Crippen LogP contribution < -0.4 is 5.73 Å². The highest BCUT2D eigenvalue weighted by Gasteiger charge is 2.45. The van der Waals surface area contributed by atoms with Gasteiger partial charge in [0.2, 0.25) is 0 Å². The van der Waals surface area contributed by atoms with Crippen molar-refractivity contribution in [1.82, 2.24) is 4.90 Å². The fourth-order valence-electron chi connectivity index (χ4n) is 3.12. The molecular weight excluding hydrogens is 304 g/mol. The molecule has 2 fully saturated rings. The quantitative estimate of drug-likeness (QED) is 0.866. The van der Waals surface area contributed by atoms with Crippen LogP contribution in [0.4, 0.5) is 4.79 Å². The number of halogens is 1. The first-order valence-electron chi connectivity index (χ1n) is 7.54. The van der Waals surface area contributed by atoms with Crippen molar-refractivity contribution >= 4 is 23.6 Å². The number of nitrogens with two attached hydrogens (primary N) is 1. The molecule has 1 aliphatic heterocycles. The Morgan fingerprint density at radius 1 is 1.32 bits per heavy atom. The van der Waals surface area contributed by atoms with Gasteiger partial charge in [0.25, 0.3) is 0 Å². The molecule has 1 saturated heterocycles. The summed E-state index contributed by atoms with van der Waals surface area (Å²) in [6.07, 6.45) is 2.55. The van der Waals surface area contributed by atoms with E-state index in [0.29, 0.717) is 11.6 Å². The highest BCUT2D eigenvalue weighted by Crippen LogP contribution is 2.48. The molecule has 1 saturated carbocycles. The van der Waals surface area contributed by atoms with Gasteiger partial charge >= 0.3 is 12.0 Å². The maximum absolute atomic E-state index is 12.1. The van der Waals surface area contributed by atoms with Crippen LogP contribution in [0.25, 0.3) is 0 Å². The zero-order valence-electron chi connectivity index (χ0n) is 12.2. The molecule has 2 aliphatic rings. The molecule has 3 atom stereocenters. The normalized spacial score (nSPS) is 26.8. The van der Waals surface area contributed by atoms with Crippen molar-refractivity contribution in [2.45, 2.75) is 31.2 Å². The molecule has 1 aliphatic carbocycles. The van der Waals surface area contributed by atoms with Gasteiger partial charge in [-0.25, -0.2) is 4.79 Å². The first kappa shape index (κ1) is 15.2. The van der Waals surface area contributed by atoms with Crippen molar-refractivity contribution in [2.24, 2.45) is 11.7 Å². The Morgan fingerprint density at radius 3 is 2.73 bits per heavy atom. The van der Waals surface area contributed by atoms with Crippen molar-refractivity contribution in [3.63, 3.8) is 0 Å². The third kappa shape index (κ3) is 3.19. The molecule has 1 aromatic rings. The highest BCUT2D eigenvalue weighted by atomic mass is 35.5. The summed E-state index contributed by atoms with van der Waals surface area (Å²) < 4.78 is 5.39. The smallest absolute Gasteiger partial charge is 0.315 e. The second-order valence-electron chi connectivity index (χ2n) is 5.96. The number of ether oxygens (including phenoxy) is 1. The summed E-state index contributed by atoms with van der Waals surface area (Å²) in [5.74, 6) is -0.0403. The molecule has 6 heteroatoms. The Labute approximate surface area is 134 Å². The molecule has 0 unspecified atom stereocenters. The van der Waals surface area contributed by atoms with E-state index >= 15 is 0 Å². The van der Waals surface area contributed by atoms with Crippen molar-refractivity contribution in [2.75, 3.05) is 13.2 Å². The standard InChI is InChI=1S/C16H19ClN2O3/c17-11-5-3-10(4-6-11)13-8-14(13)15(20)22-9-12-2-1-7-19(12)16(18)21/h3-6,12-14H,1-2,7-9H2,(H2,18,21)/t12-,13+,14-/m1/s1. The van der Waals surface area contributed by atoms with E-state index in [2.05, 4.69) is 0 Å². The molecule has 1 heterocycles. The fraction of sp³-hybridized carbons (Fsp3) is 0.500. The first-order valence-corrected chi connectivity index (χ1v) is 7.92. The first-order chi connectivity index (χ1) is 10.6. The Kier molecular flexibility index (Phi) is 4.25. The van der Waals surface area contributed by atoms with Gasteiger partial charge in [-0.15, -0.1) is 0 Å². The number of nitrogens with zero attached hydrogens (tertiary/aromatic N) is 1. The number of hydrogen-bond acceptors (Lipinski definition) is 3. The predicted molar refractivity (Wildman–Crippen MR) is 82.6 cm³/mol. The minimum atomic E-state index is -0.441. The Hall–Kier alpha value is -1.75. The molecule has 0 aromatic heterocycles. The lowest BCUT2D eigenvalue weighted by Gasteiger charge is -2.22. The monoisotopic (exact) mass is 322 g/mol. The van der Waals surface area contributed by atoms with Crippen LogP contribution in [0.3, 0.4) is 0 Å². The maximum Gasteiger partial charge on any atom is 0.315 e. The summed E-state index contributed by atoms with van der Waals surface area (Å²) in [6, 6.07) is 7.05. The third-order valence-corrected chi connectivity index (χ3v) is 4.72. The van der Waals surface area contributed by atoms with E-state index in [-0.39, 0.29) is 30.5 Å². The van der Waals surface area contributed by atoms with Gasteiger partial charge < -0.3 is 15.4 Å². The molecule has 2 amide bonds. The van der Waals surface area contributed by atoms with E-state index in [0.717, 1.165) is 24.8 Å². The van der Waals surface area contributed by atoms with Crippen molar-refractivity contribution in [1.29, 1.82) is 0 Å². The van der Waals surface area contributed by atoms with Crippen LogP contribution in [-0.4, -0.2) is 36.1 Å². The molecule has 118 valence electrons. The zero-order chi connectivity index (χ0) is 15.7. The zero-order valence-corrected chi connectivity index (χ0v) is 13.0. The number of likely N-dealkylation sites (tertiary alicyclic amines) is 1.